The van der Waals surface area contributed by atoms with E-state index in [4.69, 9.17) is 14.9 Å². The Labute approximate surface area is 125 Å². The van der Waals surface area contributed by atoms with E-state index in [0.717, 1.165) is 0 Å². The van der Waals surface area contributed by atoms with Crippen molar-refractivity contribution < 1.29 is 25.2 Å². The molecule has 1 aliphatic rings. The molecule has 1 fully saturated rings. The van der Waals surface area contributed by atoms with Gasteiger partial charge in [0.25, 0.3) is 0 Å². The van der Waals surface area contributed by atoms with Crippen LogP contribution in [0.25, 0.3) is 11.0 Å². The standard InChI is InChI=1S/C13H18N4O5/c18-4-3-15-12-9-7(1-2-14-12)17(6-16-9)13-11(21)10(20)8(5-19)22-13/h1-2,6,8,10-11,13,18-21H,3-5H2,(H,14,15). The third kappa shape index (κ3) is 2.42. The molecule has 0 aromatic carbocycles. The van der Waals surface area contributed by atoms with Gasteiger partial charge in [-0.3, -0.25) is 0 Å². The lowest BCUT2D eigenvalue weighted by atomic mass is 10.1. The minimum absolute atomic E-state index is 0.0341. The van der Waals surface area contributed by atoms with Crippen molar-refractivity contribution in [2.24, 2.45) is 0 Å². The molecule has 0 spiro atoms. The SMILES string of the molecule is OCCNc1nccc2c1ncn2C1OC(CO)C(O)C1O. The van der Waals surface area contributed by atoms with Crippen LogP contribution in [0.5, 0.6) is 0 Å². The van der Waals surface area contributed by atoms with Crippen LogP contribution < -0.4 is 5.32 Å². The molecular formula is C13H18N4O5. The maximum Gasteiger partial charge on any atom is 0.164 e. The second kappa shape index (κ2) is 6.15. The zero-order valence-electron chi connectivity index (χ0n) is 11.7. The summed E-state index contributed by atoms with van der Waals surface area (Å²) in [5, 5.41) is 40.9. The summed E-state index contributed by atoms with van der Waals surface area (Å²) in [7, 11) is 0. The van der Waals surface area contributed by atoms with E-state index in [9.17, 15) is 10.2 Å². The van der Waals surface area contributed by atoms with Gasteiger partial charge in [-0.2, -0.15) is 0 Å². The van der Waals surface area contributed by atoms with Gasteiger partial charge in [0.2, 0.25) is 0 Å². The van der Waals surface area contributed by atoms with E-state index < -0.39 is 24.5 Å². The average Bonchev–Trinajstić information content (AvgIpc) is 3.08. The average molecular weight is 310 g/mol. The summed E-state index contributed by atoms with van der Waals surface area (Å²) < 4.78 is 7.09. The fourth-order valence-electron chi connectivity index (χ4n) is 2.58. The normalized spacial score (nSPS) is 28.4. The molecular weight excluding hydrogens is 292 g/mol. The molecule has 2 aromatic rings. The lowest BCUT2D eigenvalue weighted by Crippen LogP contribution is -2.33. The number of nitrogens with one attached hydrogen (secondary N) is 1. The highest BCUT2D eigenvalue weighted by Gasteiger charge is 2.43. The number of hydrogen-bond acceptors (Lipinski definition) is 8. The van der Waals surface area contributed by atoms with Gasteiger partial charge in [0.15, 0.2) is 12.0 Å². The first-order valence-corrected chi connectivity index (χ1v) is 6.96. The fraction of sp³-hybridized carbons (Fsp3) is 0.538. The molecule has 22 heavy (non-hydrogen) atoms. The van der Waals surface area contributed by atoms with E-state index in [1.165, 1.54) is 6.33 Å². The molecule has 0 radical (unpaired) electrons. The van der Waals surface area contributed by atoms with Crippen molar-refractivity contribution in [3.05, 3.63) is 18.6 Å². The van der Waals surface area contributed by atoms with Gasteiger partial charge in [-0.25, -0.2) is 9.97 Å². The van der Waals surface area contributed by atoms with Gasteiger partial charge in [-0.1, -0.05) is 0 Å². The quantitative estimate of drug-likeness (QED) is 0.448. The Hall–Kier alpha value is -1.78. The smallest absolute Gasteiger partial charge is 0.164 e. The van der Waals surface area contributed by atoms with E-state index in [2.05, 4.69) is 15.3 Å². The van der Waals surface area contributed by atoms with Gasteiger partial charge >= 0.3 is 0 Å². The first kappa shape index (κ1) is 15.1. The second-order valence-electron chi connectivity index (χ2n) is 5.06. The first-order chi connectivity index (χ1) is 10.7. The molecule has 1 saturated heterocycles. The van der Waals surface area contributed by atoms with Crippen LogP contribution >= 0.6 is 0 Å². The number of aromatic nitrogens is 3. The van der Waals surface area contributed by atoms with Crippen LogP contribution in [0.3, 0.4) is 0 Å². The van der Waals surface area contributed by atoms with Gasteiger partial charge in [0.05, 0.1) is 25.1 Å². The van der Waals surface area contributed by atoms with Crippen molar-refractivity contribution >= 4 is 16.9 Å². The number of nitrogens with zero attached hydrogens (tertiary/aromatic N) is 3. The van der Waals surface area contributed by atoms with Gasteiger partial charge in [-0.05, 0) is 6.07 Å². The highest BCUT2D eigenvalue weighted by Crippen LogP contribution is 2.32. The van der Waals surface area contributed by atoms with Crippen molar-refractivity contribution in [3.8, 4) is 0 Å². The van der Waals surface area contributed by atoms with Crippen molar-refractivity contribution in [2.45, 2.75) is 24.5 Å². The summed E-state index contributed by atoms with van der Waals surface area (Å²) in [5.41, 5.74) is 1.22. The Morgan fingerprint density at radius 3 is 2.73 bits per heavy atom. The van der Waals surface area contributed by atoms with E-state index >= 15 is 0 Å². The van der Waals surface area contributed by atoms with Gasteiger partial charge < -0.3 is 35.0 Å². The Balaban J connectivity index is 1.95. The Kier molecular flexibility index (Phi) is 4.23. The minimum Gasteiger partial charge on any atom is -0.395 e. The Bertz CT molecular complexity index is 648. The van der Waals surface area contributed by atoms with Crippen LogP contribution in [0.4, 0.5) is 5.82 Å². The molecule has 0 saturated carbocycles. The predicted molar refractivity (Wildman–Crippen MR) is 76.1 cm³/mol. The number of imidazole rings is 1. The summed E-state index contributed by atoms with van der Waals surface area (Å²) in [6, 6.07) is 1.71. The molecule has 4 unspecified atom stereocenters. The monoisotopic (exact) mass is 310 g/mol. The van der Waals surface area contributed by atoms with Crippen molar-refractivity contribution in [3.63, 3.8) is 0 Å². The number of anilines is 1. The van der Waals surface area contributed by atoms with Crippen LogP contribution in [0.15, 0.2) is 18.6 Å². The van der Waals surface area contributed by atoms with Crippen molar-refractivity contribution in [2.75, 3.05) is 25.1 Å². The lowest BCUT2D eigenvalue weighted by Gasteiger charge is -2.17. The topological polar surface area (TPSA) is 133 Å². The molecule has 120 valence electrons. The molecule has 3 rings (SSSR count). The van der Waals surface area contributed by atoms with Crippen molar-refractivity contribution in [1.82, 2.24) is 14.5 Å². The molecule has 5 N–H and O–H groups in total. The summed E-state index contributed by atoms with van der Waals surface area (Å²) >= 11 is 0. The van der Waals surface area contributed by atoms with Crippen LogP contribution in [-0.4, -0.2) is 73.0 Å². The molecule has 3 heterocycles. The van der Waals surface area contributed by atoms with Crippen LogP contribution in [0.1, 0.15) is 6.23 Å². The molecule has 1 aliphatic heterocycles. The summed E-state index contributed by atoms with van der Waals surface area (Å²) in [4.78, 5) is 8.41. The van der Waals surface area contributed by atoms with Gasteiger partial charge in [0, 0.05) is 12.7 Å². The summed E-state index contributed by atoms with van der Waals surface area (Å²) in [6.07, 6.45) is -0.965. The molecule has 0 aliphatic carbocycles. The third-order valence-corrected chi connectivity index (χ3v) is 3.69. The largest absolute Gasteiger partial charge is 0.395 e. The van der Waals surface area contributed by atoms with Gasteiger partial charge in [-0.15, -0.1) is 0 Å². The summed E-state index contributed by atoms with van der Waals surface area (Å²) in [6.45, 7) is -0.0767. The Morgan fingerprint density at radius 2 is 2.05 bits per heavy atom. The number of aliphatic hydroxyl groups excluding tert-OH is 4. The first-order valence-electron chi connectivity index (χ1n) is 6.96. The number of pyridine rings is 1. The highest BCUT2D eigenvalue weighted by molar-refractivity contribution is 5.85. The van der Waals surface area contributed by atoms with Crippen LogP contribution in [0, 0.1) is 0 Å². The third-order valence-electron chi connectivity index (χ3n) is 3.69. The van der Waals surface area contributed by atoms with Crippen molar-refractivity contribution in [1.29, 1.82) is 0 Å². The molecule has 0 bridgehead atoms. The van der Waals surface area contributed by atoms with E-state index in [1.807, 2.05) is 0 Å². The summed E-state index contributed by atoms with van der Waals surface area (Å²) in [5.74, 6) is 0.511. The highest BCUT2D eigenvalue weighted by atomic mass is 16.6. The maximum atomic E-state index is 10.1. The number of rotatable bonds is 5. The zero-order valence-corrected chi connectivity index (χ0v) is 11.7. The lowest BCUT2D eigenvalue weighted by molar-refractivity contribution is -0.0508. The zero-order chi connectivity index (χ0) is 15.7. The van der Waals surface area contributed by atoms with Crippen LogP contribution in [0.2, 0.25) is 0 Å². The van der Waals surface area contributed by atoms with E-state index in [-0.39, 0.29) is 13.2 Å². The fourth-order valence-corrected chi connectivity index (χ4v) is 2.58. The molecule has 9 nitrogen and oxygen atoms in total. The minimum atomic E-state index is -1.17. The molecule has 4 atom stereocenters. The second-order valence-corrected chi connectivity index (χ2v) is 5.06. The number of ether oxygens (including phenoxy) is 1. The Morgan fingerprint density at radius 1 is 1.23 bits per heavy atom. The molecule has 0 amide bonds. The van der Waals surface area contributed by atoms with Crippen LogP contribution in [-0.2, 0) is 4.74 Å². The van der Waals surface area contributed by atoms with Gasteiger partial charge in [0.1, 0.15) is 23.8 Å². The number of fused-ring (bicyclic) bond motifs is 1. The number of aliphatic hydroxyl groups is 4. The maximum absolute atomic E-state index is 10.1. The number of hydrogen-bond donors (Lipinski definition) is 5. The predicted octanol–water partition coefficient (Wildman–Crippen LogP) is -1.55. The molecule has 9 heteroatoms. The molecule has 2 aromatic heterocycles. The van der Waals surface area contributed by atoms with E-state index in [0.29, 0.717) is 23.4 Å². The van der Waals surface area contributed by atoms with E-state index in [1.54, 1.807) is 16.8 Å².